The minimum atomic E-state index is -0.200. The molecule has 6 heteroatoms. The van der Waals surface area contributed by atoms with Gasteiger partial charge in [0, 0.05) is 25.0 Å². The van der Waals surface area contributed by atoms with Crippen LogP contribution in [-0.4, -0.2) is 38.9 Å². The van der Waals surface area contributed by atoms with E-state index in [-0.39, 0.29) is 11.4 Å². The van der Waals surface area contributed by atoms with Crippen LogP contribution in [-0.2, 0) is 10.2 Å². The Labute approximate surface area is 164 Å². The normalized spacial score (nSPS) is 18.0. The standard InChI is InChI=1S/C21H24ClN3O2/c22-17-7-4-8-18(19(17)25-11-13-27-14-12-25)24-20(26)23-15-21(9-10-21)16-5-2-1-3-6-16/h1-8H,9-15H2,(H2,23,24,26). The number of halogens is 1. The highest BCUT2D eigenvalue weighted by Gasteiger charge is 2.44. The number of amides is 2. The molecule has 4 rings (SSSR count). The van der Waals surface area contributed by atoms with Gasteiger partial charge < -0.3 is 20.3 Å². The second kappa shape index (κ2) is 7.79. The number of urea groups is 1. The van der Waals surface area contributed by atoms with Crippen LogP contribution in [0.5, 0.6) is 0 Å². The first kappa shape index (κ1) is 18.1. The molecule has 142 valence electrons. The third-order valence-electron chi connectivity index (χ3n) is 5.39. The lowest BCUT2D eigenvalue weighted by Crippen LogP contribution is -2.38. The van der Waals surface area contributed by atoms with Gasteiger partial charge in [0.05, 0.1) is 29.6 Å². The van der Waals surface area contributed by atoms with Crippen molar-refractivity contribution >= 4 is 29.0 Å². The highest BCUT2D eigenvalue weighted by atomic mass is 35.5. The van der Waals surface area contributed by atoms with Gasteiger partial charge >= 0.3 is 6.03 Å². The number of carbonyl (C=O) groups excluding carboxylic acids is 1. The topological polar surface area (TPSA) is 53.6 Å². The molecule has 2 aromatic carbocycles. The van der Waals surface area contributed by atoms with Crippen LogP contribution in [0.1, 0.15) is 18.4 Å². The van der Waals surface area contributed by atoms with Crippen LogP contribution in [0.25, 0.3) is 0 Å². The van der Waals surface area contributed by atoms with Crippen molar-refractivity contribution in [2.75, 3.05) is 43.1 Å². The summed E-state index contributed by atoms with van der Waals surface area (Å²) >= 11 is 6.43. The first-order valence-electron chi connectivity index (χ1n) is 9.40. The lowest BCUT2D eigenvalue weighted by atomic mass is 9.96. The monoisotopic (exact) mass is 385 g/mol. The average molecular weight is 386 g/mol. The number of hydrogen-bond acceptors (Lipinski definition) is 3. The number of rotatable bonds is 5. The lowest BCUT2D eigenvalue weighted by Gasteiger charge is -2.31. The number of hydrogen-bond donors (Lipinski definition) is 2. The van der Waals surface area contributed by atoms with E-state index >= 15 is 0 Å². The molecule has 0 unspecified atom stereocenters. The summed E-state index contributed by atoms with van der Waals surface area (Å²) in [6, 6.07) is 15.8. The largest absolute Gasteiger partial charge is 0.378 e. The summed E-state index contributed by atoms with van der Waals surface area (Å²) in [6.45, 7) is 3.48. The second-order valence-corrected chi connectivity index (χ2v) is 7.60. The summed E-state index contributed by atoms with van der Waals surface area (Å²) in [4.78, 5) is 14.7. The fraction of sp³-hybridized carbons (Fsp3) is 0.381. The Hall–Kier alpha value is -2.24. The summed E-state index contributed by atoms with van der Waals surface area (Å²) < 4.78 is 5.42. The van der Waals surface area contributed by atoms with Crippen molar-refractivity contribution in [3.63, 3.8) is 0 Å². The van der Waals surface area contributed by atoms with Crippen LogP contribution in [0.3, 0.4) is 0 Å². The van der Waals surface area contributed by atoms with E-state index < -0.39 is 0 Å². The van der Waals surface area contributed by atoms with E-state index in [9.17, 15) is 4.79 Å². The third kappa shape index (κ3) is 4.04. The Kier molecular flexibility index (Phi) is 5.23. The van der Waals surface area contributed by atoms with Crippen molar-refractivity contribution in [2.45, 2.75) is 18.3 Å². The molecule has 1 saturated carbocycles. The number of anilines is 2. The van der Waals surface area contributed by atoms with Crippen molar-refractivity contribution in [3.8, 4) is 0 Å². The average Bonchev–Trinajstić information content (AvgIpc) is 3.49. The zero-order chi connectivity index (χ0) is 18.7. The highest BCUT2D eigenvalue weighted by Crippen LogP contribution is 2.47. The van der Waals surface area contributed by atoms with Crippen molar-refractivity contribution in [2.24, 2.45) is 0 Å². The zero-order valence-electron chi connectivity index (χ0n) is 15.2. The quantitative estimate of drug-likeness (QED) is 0.817. The van der Waals surface area contributed by atoms with Gasteiger partial charge in [-0.1, -0.05) is 48.0 Å². The molecule has 27 heavy (non-hydrogen) atoms. The van der Waals surface area contributed by atoms with Gasteiger partial charge in [-0.25, -0.2) is 4.79 Å². The lowest BCUT2D eigenvalue weighted by molar-refractivity contribution is 0.123. The van der Waals surface area contributed by atoms with Gasteiger partial charge in [0.25, 0.3) is 0 Å². The number of benzene rings is 2. The van der Waals surface area contributed by atoms with E-state index in [1.54, 1.807) is 0 Å². The van der Waals surface area contributed by atoms with E-state index in [0.717, 1.165) is 37.3 Å². The van der Waals surface area contributed by atoms with Crippen LogP contribution in [0.15, 0.2) is 48.5 Å². The molecular weight excluding hydrogens is 362 g/mol. The van der Waals surface area contributed by atoms with Gasteiger partial charge in [0.15, 0.2) is 0 Å². The van der Waals surface area contributed by atoms with Crippen LogP contribution in [0.2, 0.25) is 5.02 Å². The summed E-state index contributed by atoms with van der Waals surface area (Å²) in [6.07, 6.45) is 2.21. The zero-order valence-corrected chi connectivity index (χ0v) is 16.0. The molecule has 0 radical (unpaired) electrons. The minimum Gasteiger partial charge on any atom is -0.378 e. The number of ether oxygens (including phenoxy) is 1. The number of para-hydroxylation sites is 1. The van der Waals surface area contributed by atoms with Gasteiger partial charge in [-0.05, 0) is 30.5 Å². The van der Waals surface area contributed by atoms with E-state index in [1.807, 2.05) is 24.3 Å². The van der Waals surface area contributed by atoms with E-state index in [1.165, 1.54) is 5.56 Å². The fourth-order valence-corrected chi connectivity index (χ4v) is 3.94. The molecule has 0 atom stereocenters. The summed E-state index contributed by atoms with van der Waals surface area (Å²) in [5.41, 5.74) is 2.97. The molecule has 5 nitrogen and oxygen atoms in total. The maximum atomic E-state index is 12.6. The Bertz CT molecular complexity index is 802. The molecule has 0 bridgehead atoms. The molecule has 1 aliphatic carbocycles. The summed E-state index contributed by atoms with van der Waals surface area (Å²) in [5, 5.41) is 6.67. The molecule has 1 saturated heterocycles. The molecule has 2 aromatic rings. The smallest absolute Gasteiger partial charge is 0.319 e. The summed E-state index contributed by atoms with van der Waals surface area (Å²) in [5.74, 6) is 0. The van der Waals surface area contributed by atoms with Crippen LogP contribution in [0, 0.1) is 0 Å². The van der Waals surface area contributed by atoms with Crippen LogP contribution >= 0.6 is 11.6 Å². The molecule has 2 N–H and O–H groups in total. The van der Waals surface area contributed by atoms with Gasteiger partial charge in [0.2, 0.25) is 0 Å². The molecular formula is C21H24ClN3O2. The molecule has 1 aliphatic heterocycles. The van der Waals surface area contributed by atoms with Gasteiger partial charge in [-0.2, -0.15) is 0 Å². The maximum Gasteiger partial charge on any atom is 0.319 e. The number of nitrogens with one attached hydrogen (secondary N) is 2. The SMILES string of the molecule is O=C(NCC1(c2ccccc2)CC1)Nc1cccc(Cl)c1N1CCOCC1. The number of morpholine rings is 1. The van der Waals surface area contributed by atoms with Gasteiger partial charge in [-0.15, -0.1) is 0 Å². The minimum absolute atomic E-state index is 0.0833. The maximum absolute atomic E-state index is 12.6. The molecule has 2 aliphatic rings. The van der Waals surface area contributed by atoms with E-state index in [0.29, 0.717) is 24.8 Å². The molecule has 0 aromatic heterocycles. The Balaban J connectivity index is 1.42. The Morgan fingerprint density at radius 1 is 1.07 bits per heavy atom. The predicted molar refractivity (Wildman–Crippen MR) is 109 cm³/mol. The van der Waals surface area contributed by atoms with Crippen LogP contribution < -0.4 is 15.5 Å². The molecule has 2 fully saturated rings. The van der Waals surface area contributed by atoms with Crippen molar-refractivity contribution in [1.29, 1.82) is 0 Å². The highest BCUT2D eigenvalue weighted by molar-refractivity contribution is 6.34. The molecule has 0 spiro atoms. The van der Waals surface area contributed by atoms with Crippen molar-refractivity contribution in [1.82, 2.24) is 5.32 Å². The Morgan fingerprint density at radius 3 is 2.52 bits per heavy atom. The number of carbonyl (C=O) groups is 1. The first-order valence-corrected chi connectivity index (χ1v) is 9.77. The van der Waals surface area contributed by atoms with Crippen LogP contribution in [0.4, 0.5) is 16.2 Å². The third-order valence-corrected chi connectivity index (χ3v) is 5.69. The number of nitrogens with zero attached hydrogens (tertiary/aromatic N) is 1. The van der Waals surface area contributed by atoms with Gasteiger partial charge in [0.1, 0.15) is 0 Å². The Morgan fingerprint density at radius 2 is 1.81 bits per heavy atom. The summed E-state index contributed by atoms with van der Waals surface area (Å²) in [7, 11) is 0. The van der Waals surface area contributed by atoms with E-state index in [4.69, 9.17) is 16.3 Å². The van der Waals surface area contributed by atoms with E-state index in [2.05, 4.69) is 39.8 Å². The predicted octanol–water partition coefficient (Wildman–Crippen LogP) is 4.03. The van der Waals surface area contributed by atoms with Crippen molar-refractivity contribution < 1.29 is 9.53 Å². The van der Waals surface area contributed by atoms with Gasteiger partial charge in [-0.3, -0.25) is 0 Å². The first-order chi connectivity index (χ1) is 13.2. The van der Waals surface area contributed by atoms with Crippen molar-refractivity contribution in [3.05, 3.63) is 59.1 Å². The second-order valence-electron chi connectivity index (χ2n) is 7.19. The fourth-order valence-electron chi connectivity index (χ4n) is 3.65. The molecule has 2 amide bonds. The molecule has 1 heterocycles.